The molecular weight excluding hydrogens is 406 g/mol. The quantitative estimate of drug-likeness (QED) is 0.607. The number of carbonyl (C=O) groups excluding carboxylic acids is 1. The van der Waals surface area contributed by atoms with Crippen LogP contribution < -0.4 is 0 Å². The lowest BCUT2D eigenvalue weighted by Gasteiger charge is -2.27. The maximum atomic E-state index is 13.6. The lowest BCUT2D eigenvalue weighted by atomic mass is 10.0. The van der Waals surface area contributed by atoms with Crippen molar-refractivity contribution < 1.29 is 17.6 Å². The number of sulfone groups is 1. The molecule has 2 aromatic heterocycles. The molecule has 1 fully saturated rings. The van der Waals surface area contributed by atoms with Gasteiger partial charge < -0.3 is 9.32 Å². The number of hydrogen-bond donors (Lipinski definition) is 0. The Balaban J connectivity index is 1.76. The van der Waals surface area contributed by atoms with E-state index in [-0.39, 0.29) is 23.5 Å². The van der Waals surface area contributed by atoms with E-state index in [1.807, 2.05) is 51.3 Å². The molecule has 0 unspecified atom stereocenters. The van der Waals surface area contributed by atoms with Gasteiger partial charge in [-0.05, 0) is 74.4 Å². The highest BCUT2D eigenvalue weighted by atomic mass is 32.2. The Bertz CT molecular complexity index is 1200. The van der Waals surface area contributed by atoms with Crippen molar-refractivity contribution in [3.63, 3.8) is 0 Å². The van der Waals surface area contributed by atoms with E-state index in [4.69, 9.17) is 4.42 Å². The molecule has 1 atom stereocenters. The second-order valence-electron chi connectivity index (χ2n) is 8.01. The van der Waals surface area contributed by atoms with Crippen LogP contribution in [0.1, 0.15) is 44.1 Å². The summed E-state index contributed by atoms with van der Waals surface area (Å²) >= 11 is 1.59. The van der Waals surface area contributed by atoms with Crippen molar-refractivity contribution in [1.29, 1.82) is 0 Å². The summed E-state index contributed by atoms with van der Waals surface area (Å²) in [5, 5.41) is 2.93. The van der Waals surface area contributed by atoms with E-state index < -0.39 is 9.84 Å². The summed E-state index contributed by atoms with van der Waals surface area (Å²) < 4.78 is 30.2. The summed E-state index contributed by atoms with van der Waals surface area (Å²) in [5.41, 5.74) is 4.87. The van der Waals surface area contributed by atoms with Crippen LogP contribution in [0.4, 0.5) is 0 Å². The fourth-order valence-electron chi connectivity index (χ4n) is 3.92. The van der Waals surface area contributed by atoms with Crippen molar-refractivity contribution in [2.24, 2.45) is 0 Å². The summed E-state index contributed by atoms with van der Waals surface area (Å²) in [7, 11) is -3.11. The van der Waals surface area contributed by atoms with Crippen LogP contribution in [0.2, 0.25) is 0 Å². The fraction of sp³-hybridized carbons (Fsp3) is 0.409. The average Bonchev–Trinajstić information content (AvgIpc) is 3.31. The molecular formula is C22H25NO4S2. The van der Waals surface area contributed by atoms with Crippen LogP contribution in [0.3, 0.4) is 0 Å². The summed E-state index contributed by atoms with van der Waals surface area (Å²) in [5.74, 6) is 0.218. The molecule has 1 aliphatic rings. The zero-order chi connectivity index (χ0) is 20.9. The molecule has 0 saturated carbocycles. The standard InChI is InChI=1S/C22H25NO4S2/c1-13-5-7-28-20(13)11-23(17-6-8-29(25,26)12-17)22(24)21-16(4)18-9-14(2)15(3)10-19(18)27-21/h5,7,9-10,17H,6,8,11-12H2,1-4H3/t17-/m1/s1. The zero-order valence-electron chi connectivity index (χ0n) is 17.1. The highest BCUT2D eigenvalue weighted by Crippen LogP contribution is 2.31. The van der Waals surface area contributed by atoms with Crippen LogP contribution in [0.25, 0.3) is 11.0 Å². The first kappa shape index (κ1) is 20.2. The molecule has 29 heavy (non-hydrogen) atoms. The second kappa shape index (κ2) is 7.29. The molecule has 0 N–H and O–H groups in total. The Labute approximate surface area is 175 Å². The summed E-state index contributed by atoms with van der Waals surface area (Å²) in [4.78, 5) is 16.4. The first-order valence-electron chi connectivity index (χ1n) is 9.71. The van der Waals surface area contributed by atoms with Crippen LogP contribution in [0.15, 0.2) is 28.0 Å². The van der Waals surface area contributed by atoms with Gasteiger partial charge in [-0.1, -0.05) is 0 Å². The van der Waals surface area contributed by atoms with Crippen molar-refractivity contribution in [3.05, 3.63) is 56.5 Å². The number of amides is 1. The molecule has 0 spiro atoms. The van der Waals surface area contributed by atoms with E-state index in [9.17, 15) is 13.2 Å². The van der Waals surface area contributed by atoms with Gasteiger partial charge in [-0.2, -0.15) is 0 Å². The second-order valence-corrected chi connectivity index (χ2v) is 11.2. The van der Waals surface area contributed by atoms with Crippen molar-refractivity contribution in [2.75, 3.05) is 11.5 Å². The smallest absolute Gasteiger partial charge is 0.290 e. The molecule has 0 radical (unpaired) electrons. The van der Waals surface area contributed by atoms with Gasteiger partial charge in [0.15, 0.2) is 15.6 Å². The van der Waals surface area contributed by atoms with E-state index in [0.29, 0.717) is 24.3 Å². The van der Waals surface area contributed by atoms with Gasteiger partial charge in [0.25, 0.3) is 5.91 Å². The van der Waals surface area contributed by atoms with E-state index >= 15 is 0 Å². The lowest BCUT2D eigenvalue weighted by molar-refractivity contribution is 0.0651. The van der Waals surface area contributed by atoms with Crippen LogP contribution in [0, 0.1) is 27.7 Å². The van der Waals surface area contributed by atoms with Crippen LogP contribution in [-0.4, -0.2) is 36.8 Å². The number of carbonyl (C=O) groups is 1. The van der Waals surface area contributed by atoms with Gasteiger partial charge in [-0.3, -0.25) is 4.79 Å². The summed E-state index contributed by atoms with van der Waals surface area (Å²) in [6.45, 7) is 8.37. The van der Waals surface area contributed by atoms with Crippen molar-refractivity contribution in [3.8, 4) is 0 Å². The maximum Gasteiger partial charge on any atom is 0.290 e. The Morgan fingerprint density at radius 2 is 1.90 bits per heavy atom. The maximum absolute atomic E-state index is 13.6. The number of furan rings is 1. The topological polar surface area (TPSA) is 67.6 Å². The number of rotatable bonds is 4. The van der Waals surface area contributed by atoms with E-state index in [2.05, 4.69) is 0 Å². The first-order valence-corrected chi connectivity index (χ1v) is 12.4. The van der Waals surface area contributed by atoms with Crippen LogP contribution >= 0.6 is 11.3 Å². The van der Waals surface area contributed by atoms with Gasteiger partial charge in [-0.25, -0.2) is 8.42 Å². The minimum atomic E-state index is -3.11. The molecule has 5 nitrogen and oxygen atoms in total. The van der Waals surface area contributed by atoms with Gasteiger partial charge in [0.2, 0.25) is 0 Å². The molecule has 0 aliphatic carbocycles. The minimum Gasteiger partial charge on any atom is -0.451 e. The third kappa shape index (κ3) is 3.73. The Morgan fingerprint density at radius 3 is 2.52 bits per heavy atom. The predicted octanol–water partition coefficient (Wildman–Crippen LogP) is 4.56. The number of aryl methyl sites for hydroxylation is 4. The van der Waals surface area contributed by atoms with Gasteiger partial charge >= 0.3 is 0 Å². The number of benzene rings is 1. The van der Waals surface area contributed by atoms with E-state index in [0.717, 1.165) is 32.5 Å². The highest BCUT2D eigenvalue weighted by Gasteiger charge is 2.37. The van der Waals surface area contributed by atoms with Crippen molar-refractivity contribution >= 4 is 38.1 Å². The lowest BCUT2D eigenvalue weighted by Crippen LogP contribution is -2.40. The molecule has 3 aromatic rings. The Morgan fingerprint density at radius 1 is 1.17 bits per heavy atom. The Hall–Kier alpha value is -2.12. The van der Waals surface area contributed by atoms with Gasteiger partial charge in [-0.15, -0.1) is 11.3 Å². The molecule has 7 heteroatoms. The van der Waals surface area contributed by atoms with Crippen LogP contribution in [-0.2, 0) is 16.4 Å². The first-order chi connectivity index (χ1) is 13.7. The predicted molar refractivity (Wildman–Crippen MR) is 116 cm³/mol. The molecule has 1 saturated heterocycles. The molecule has 1 amide bonds. The van der Waals surface area contributed by atoms with Gasteiger partial charge in [0.05, 0.1) is 18.1 Å². The molecule has 1 aliphatic heterocycles. The fourth-order valence-corrected chi connectivity index (χ4v) is 6.55. The highest BCUT2D eigenvalue weighted by molar-refractivity contribution is 7.91. The van der Waals surface area contributed by atoms with Crippen molar-refractivity contribution in [2.45, 2.75) is 46.7 Å². The minimum absolute atomic E-state index is 0.0145. The molecule has 0 bridgehead atoms. The van der Waals surface area contributed by atoms with E-state index in [1.54, 1.807) is 16.2 Å². The van der Waals surface area contributed by atoms with Gasteiger partial charge in [0.1, 0.15) is 5.58 Å². The Kier molecular flexibility index (Phi) is 5.07. The number of hydrogen-bond acceptors (Lipinski definition) is 5. The summed E-state index contributed by atoms with van der Waals surface area (Å²) in [6, 6.07) is 5.70. The molecule has 1 aromatic carbocycles. The third-order valence-electron chi connectivity index (χ3n) is 5.94. The van der Waals surface area contributed by atoms with Gasteiger partial charge in [0, 0.05) is 21.9 Å². The van der Waals surface area contributed by atoms with Crippen molar-refractivity contribution in [1.82, 2.24) is 4.90 Å². The van der Waals surface area contributed by atoms with Crippen LogP contribution in [0.5, 0.6) is 0 Å². The normalized spacial score (nSPS) is 18.4. The number of fused-ring (bicyclic) bond motifs is 1. The summed E-state index contributed by atoms with van der Waals surface area (Å²) in [6.07, 6.45) is 0.468. The molecule has 154 valence electrons. The molecule has 4 rings (SSSR count). The number of nitrogens with zero attached hydrogens (tertiary/aromatic N) is 1. The largest absolute Gasteiger partial charge is 0.451 e. The average molecular weight is 432 g/mol. The SMILES string of the molecule is Cc1cc2oc(C(=O)N(Cc3sccc3C)[C@@H]3CCS(=O)(=O)C3)c(C)c2cc1C. The number of thiophene rings is 1. The zero-order valence-corrected chi connectivity index (χ0v) is 18.7. The monoisotopic (exact) mass is 431 g/mol. The molecule has 3 heterocycles. The third-order valence-corrected chi connectivity index (χ3v) is 8.70. The van der Waals surface area contributed by atoms with E-state index in [1.165, 1.54) is 0 Å².